The molecule has 0 aliphatic rings. The summed E-state index contributed by atoms with van der Waals surface area (Å²) >= 11 is 0. The molecule has 42 heavy (non-hydrogen) atoms. The van der Waals surface area contributed by atoms with Gasteiger partial charge < -0.3 is 4.57 Å². The summed E-state index contributed by atoms with van der Waals surface area (Å²) < 4.78 is 6.12. The second-order valence-corrected chi connectivity index (χ2v) is 10.7. The molecule has 0 aliphatic carbocycles. The van der Waals surface area contributed by atoms with Crippen LogP contribution >= 0.6 is 0 Å². The number of hydrogen-bond acceptors (Lipinski definition) is 4. The first-order valence-electron chi connectivity index (χ1n) is 14.4. The lowest BCUT2D eigenvalue weighted by Gasteiger charge is -2.11. The fraction of sp³-hybridized carbons (Fsp3) is 0.143. The Hall–Kier alpha value is -5.30. The van der Waals surface area contributed by atoms with Crippen molar-refractivity contribution in [3.05, 3.63) is 119 Å². The molecular weight excluding hydrogens is 520 g/mol. The van der Waals surface area contributed by atoms with Crippen LogP contribution in [-0.4, -0.2) is 28.7 Å². The molecule has 0 aliphatic heterocycles. The summed E-state index contributed by atoms with van der Waals surface area (Å²) in [6.07, 6.45) is 0.736. The van der Waals surface area contributed by atoms with Crippen molar-refractivity contribution < 1.29 is 0 Å². The molecule has 0 spiro atoms. The number of hydrogen-bond donors (Lipinski definition) is 0. The molecule has 8 rings (SSSR count). The van der Waals surface area contributed by atoms with Gasteiger partial charge >= 0.3 is 0 Å². The first-order valence-corrected chi connectivity index (χ1v) is 14.4. The largest absolute Gasteiger partial charge is 0.341 e. The van der Waals surface area contributed by atoms with Gasteiger partial charge in [-0.05, 0) is 62.2 Å². The molecule has 7 nitrogen and oxygen atoms in total. The minimum atomic E-state index is -0.0922. The Morgan fingerprint density at radius 2 is 1.40 bits per heavy atom. The standard InChI is InChI=1S/C35H28N6O/c1-3-39-29-16-10-7-13-25(29)26-21-24(17-18-30(26)39)41-33-31(32-34(41)38-28-15-9-8-14-27(28)37-32)35(42)40(22(2)36-33)20-19-23-11-5-4-6-12-23/h4-18,21H,3,19-20H2,1-2H3. The summed E-state index contributed by atoms with van der Waals surface area (Å²) in [7, 11) is 0. The van der Waals surface area contributed by atoms with Crippen LogP contribution in [0.3, 0.4) is 0 Å². The Morgan fingerprint density at radius 1 is 0.690 bits per heavy atom. The van der Waals surface area contributed by atoms with Gasteiger partial charge in [-0.2, -0.15) is 0 Å². The topological polar surface area (TPSA) is 70.5 Å². The molecule has 0 saturated heterocycles. The van der Waals surface area contributed by atoms with E-state index >= 15 is 0 Å². The van der Waals surface area contributed by atoms with Crippen molar-refractivity contribution in [2.75, 3.05) is 0 Å². The maximum Gasteiger partial charge on any atom is 0.265 e. The number of fused-ring (bicyclic) bond motifs is 7. The van der Waals surface area contributed by atoms with Gasteiger partial charge in [-0.15, -0.1) is 0 Å². The first-order chi connectivity index (χ1) is 20.6. The van der Waals surface area contributed by atoms with Crippen LogP contribution in [0.5, 0.6) is 0 Å². The van der Waals surface area contributed by atoms with Crippen LogP contribution in [0.25, 0.3) is 60.7 Å². The summed E-state index contributed by atoms with van der Waals surface area (Å²) in [5, 5.41) is 2.85. The van der Waals surface area contributed by atoms with Gasteiger partial charge in [0.05, 0.1) is 11.0 Å². The van der Waals surface area contributed by atoms with E-state index in [1.54, 1.807) is 4.57 Å². The monoisotopic (exact) mass is 548 g/mol. The molecule has 204 valence electrons. The van der Waals surface area contributed by atoms with Crippen LogP contribution in [0.4, 0.5) is 0 Å². The third kappa shape index (κ3) is 3.59. The Morgan fingerprint density at radius 3 is 2.21 bits per heavy atom. The van der Waals surface area contributed by atoms with Crippen LogP contribution < -0.4 is 5.56 Å². The number of aryl methyl sites for hydroxylation is 3. The van der Waals surface area contributed by atoms with Crippen molar-refractivity contribution in [3.8, 4) is 5.69 Å². The van der Waals surface area contributed by atoms with E-state index in [2.05, 4.69) is 66.1 Å². The zero-order valence-electron chi connectivity index (χ0n) is 23.5. The molecule has 0 unspecified atom stereocenters. The summed E-state index contributed by atoms with van der Waals surface area (Å²) in [4.78, 5) is 29.3. The first kappa shape index (κ1) is 24.5. The lowest BCUT2D eigenvalue weighted by atomic mass is 10.1. The lowest BCUT2D eigenvalue weighted by Crippen LogP contribution is -2.25. The molecule has 0 N–H and O–H groups in total. The minimum Gasteiger partial charge on any atom is -0.341 e. The van der Waals surface area contributed by atoms with Crippen LogP contribution in [-0.2, 0) is 19.5 Å². The second kappa shape index (κ2) is 9.38. The van der Waals surface area contributed by atoms with Crippen molar-refractivity contribution in [1.82, 2.24) is 28.7 Å². The summed E-state index contributed by atoms with van der Waals surface area (Å²) in [6.45, 7) is 5.49. The molecule has 8 aromatic rings. The Labute approximate surface area is 241 Å². The summed E-state index contributed by atoms with van der Waals surface area (Å²) in [5.41, 5.74) is 7.68. The van der Waals surface area contributed by atoms with Crippen LogP contribution in [0.2, 0.25) is 0 Å². The van der Waals surface area contributed by atoms with E-state index in [-0.39, 0.29) is 5.56 Å². The average molecular weight is 549 g/mol. The summed E-state index contributed by atoms with van der Waals surface area (Å²) in [5.74, 6) is 0.667. The van der Waals surface area contributed by atoms with Crippen molar-refractivity contribution in [3.63, 3.8) is 0 Å². The van der Waals surface area contributed by atoms with Gasteiger partial charge in [-0.25, -0.2) is 15.0 Å². The fourth-order valence-electron chi connectivity index (χ4n) is 6.35. The zero-order chi connectivity index (χ0) is 28.4. The molecule has 0 amide bonds. The summed E-state index contributed by atoms with van der Waals surface area (Å²) in [6, 6.07) is 33.0. The zero-order valence-corrected chi connectivity index (χ0v) is 23.5. The van der Waals surface area contributed by atoms with Crippen molar-refractivity contribution >= 4 is 55.0 Å². The highest BCUT2D eigenvalue weighted by atomic mass is 16.1. The predicted molar refractivity (Wildman–Crippen MR) is 169 cm³/mol. The van der Waals surface area contributed by atoms with Gasteiger partial charge in [0, 0.05) is 40.6 Å². The highest BCUT2D eigenvalue weighted by Crippen LogP contribution is 2.34. The lowest BCUT2D eigenvalue weighted by molar-refractivity contribution is 0.637. The van der Waals surface area contributed by atoms with Crippen molar-refractivity contribution in [2.45, 2.75) is 33.4 Å². The van der Waals surface area contributed by atoms with Gasteiger partial charge in [0.1, 0.15) is 16.7 Å². The number of para-hydroxylation sites is 3. The molecule has 0 fully saturated rings. The van der Waals surface area contributed by atoms with E-state index in [0.717, 1.165) is 35.1 Å². The third-order valence-corrected chi connectivity index (χ3v) is 8.35. The maximum atomic E-state index is 14.2. The number of aromatic nitrogens is 6. The highest BCUT2D eigenvalue weighted by molar-refractivity contribution is 6.10. The van der Waals surface area contributed by atoms with Gasteiger partial charge in [-0.3, -0.25) is 13.9 Å². The Kier molecular flexibility index (Phi) is 5.47. The molecular formula is C35H28N6O. The molecule has 0 radical (unpaired) electrons. The van der Waals surface area contributed by atoms with Gasteiger partial charge in [0.2, 0.25) is 0 Å². The number of rotatable bonds is 5. The van der Waals surface area contributed by atoms with Gasteiger partial charge in [0.15, 0.2) is 11.3 Å². The average Bonchev–Trinajstić information content (AvgIpc) is 3.51. The smallest absolute Gasteiger partial charge is 0.265 e. The molecule has 7 heteroatoms. The Balaban J connectivity index is 1.43. The molecule has 4 aromatic carbocycles. The molecule has 0 bridgehead atoms. The van der Waals surface area contributed by atoms with Gasteiger partial charge in [-0.1, -0.05) is 60.7 Å². The van der Waals surface area contributed by atoms with Crippen molar-refractivity contribution in [2.24, 2.45) is 0 Å². The fourth-order valence-corrected chi connectivity index (χ4v) is 6.35. The SMILES string of the molecule is CCn1c2ccccc2c2cc(-n3c4nc5ccccc5nc4c4c(=O)n(CCc5ccccc5)c(C)nc43)ccc21. The van der Waals surface area contributed by atoms with Crippen LogP contribution in [0.1, 0.15) is 18.3 Å². The van der Waals surface area contributed by atoms with Crippen LogP contribution in [0.15, 0.2) is 102 Å². The molecule has 4 heterocycles. The van der Waals surface area contributed by atoms with E-state index < -0.39 is 0 Å². The predicted octanol–water partition coefficient (Wildman–Crippen LogP) is 6.96. The Bertz CT molecular complexity index is 2380. The minimum absolute atomic E-state index is 0.0922. The van der Waals surface area contributed by atoms with Crippen molar-refractivity contribution in [1.29, 1.82) is 0 Å². The third-order valence-electron chi connectivity index (χ3n) is 8.35. The van der Waals surface area contributed by atoms with E-state index in [4.69, 9.17) is 15.0 Å². The quantitative estimate of drug-likeness (QED) is 0.233. The molecule has 4 aromatic heterocycles. The highest BCUT2D eigenvalue weighted by Gasteiger charge is 2.23. The van der Waals surface area contributed by atoms with E-state index in [0.29, 0.717) is 34.6 Å². The van der Waals surface area contributed by atoms with Crippen LogP contribution in [0, 0.1) is 6.92 Å². The molecule has 0 saturated carbocycles. The number of nitrogens with zero attached hydrogens (tertiary/aromatic N) is 6. The van der Waals surface area contributed by atoms with E-state index in [1.807, 2.05) is 54.0 Å². The number of benzene rings is 4. The normalized spacial score (nSPS) is 12.0. The maximum absolute atomic E-state index is 14.2. The van der Waals surface area contributed by atoms with E-state index in [1.165, 1.54) is 22.0 Å². The van der Waals surface area contributed by atoms with Gasteiger partial charge in [0.25, 0.3) is 5.56 Å². The second-order valence-electron chi connectivity index (χ2n) is 10.7. The van der Waals surface area contributed by atoms with E-state index in [9.17, 15) is 4.79 Å². The molecule has 0 atom stereocenters.